The minimum Gasteiger partial charge on any atom is -0.477 e. The summed E-state index contributed by atoms with van der Waals surface area (Å²) in [6, 6.07) is 5.28. The number of fused-ring (bicyclic) bond motifs is 1. The lowest BCUT2D eigenvalue weighted by molar-refractivity contribution is 0.0691. The van der Waals surface area contributed by atoms with Crippen LogP contribution < -0.4 is 0 Å². The number of aromatic nitrogens is 3. The number of hydrogen-bond donors (Lipinski definition) is 2. The van der Waals surface area contributed by atoms with Crippen molar-refractivity contribution < 1.29 is 9.90 Å². The molecule has 3 aromatic rings. The fourth-order valence-corrected chi connectivity index (χ4v) is 2.35. The van der Waals surface area contributed by atoms with Crippen molar-refractivity contribution in [2.24, 2.45) is 0 Å². The van der Waals surface area contributed by atoms with E-state index < -0.39 is 5.97 Å². The molecule has 2 N–H and O–H groups in total. The maximum absolute atomic E-state index is 11.0. The average molecular weight is 245 g/mol. The van der Waals surface area contributed by atoms with Crippen LogP contribution in [0.4, 0.5) is 0 Å². The number of aromatic amines is 1. The monoisotopic (exact) mass is 245 g/mol. The zero-order valence-electron chi connectivity index (χ0n) is 8.54. The van der Waals surface area contributed by atoms with Crippen LogP contribution in [0.3, 0.4) is 0 Å². The van der Waals surface area contributed by atoms with E-state index in [2.05, 4.69) is 15.0 Å². The Kier molecular flexibility index (Phi) is 2.15. The minimum atomic E-state index is -1.04. The molecule has 17 heavy (non-hydrogen) atoms. The summed E-state index contributed by atoms with van der Waals surface area (Å²) in [5.74, 6) is -1.04. The van der Waals surface area contributed by atoms with Crippen LogP contribution in [0.5, 0.6) is 0 Å². The fourth-order valence-electron chi connectivity index (χ4n) is 1.64. The lowest BCUT2D eigenvalue weighted by Crippen LogP contribution is -2.01. The number of carboxylic acid groups (broad SMARTS) is 1. The van der Waals surface area contributed by atoms with Gasteiger partial charge in [0.05, 0.1) is 16.7 Å². The van der Waals surface area contributed by atoms with E-state index in [1.54, 1.807) is 0 Å². The Balaban J connectivity index is 2.35. The second kappa shape index (κ2) is 3.67. The van der Waals surface area contributed by atoms with E-state index in [4.69, 9.17) is 5.11 Å². The average Bonchev–Trinajstić information content (AvgIpc) is 2.98. The fraction of sp³-hybridized carbons (Fsp3) is 0. The zero-order chi connectivity index (χ0) is 11.8. The predicted molar refractivity (Wildman–Crippen MR) is 64.2 cm³/mol. The van der Waals surface area contributed by atoms with Crippen molar-refractivity contribution in [3.05, 3.63) is 35.6 Å². The number of nitrogens with one attached hydrogen (secondary N) is 1. The van der Waals surface area contributed by atoms with Gasteiger partial charge in [0.25, 0.3) is 0 Å². The van der Waals surface area contributed by atoms with Crippen LogP contribution in [0, 0.1) is 0 Å². The van der Waals surface area contributed by atoms with Gasteiger partial charge < -0.3 is 10.1 Å². The summed E-state index contributed by atoms with van der Waals surface area (Å²) < 4.78 is 0. The van der Waals surface area contributed by atoms with Crippen LogP contribution in [0.25, 0.3) is 21.6 Å². The normalized spacial score (nSPS) is 10.8. The van der Waals surface area contributed by atoms with Gasteiger partial charge in [0.1, 0.15) is 11.2 Å². The molecule has 6 heteroatoms. The van der Waals surface area contributed by atoms with Crippen LogP contribution in [-0.4, -0.2) is 26.0 Å². The Morgan fingerprint density at radius 2 is 2.35 bits per heavy atom. The number of carboxylic acids is 1. The van der Waals surface area contributed by atoms with Crippen molar-refractivity contribution >= 4 is 28.3 Å². The smallest absolute Gasteiger partial charge is 0.354 e. The van der Waals surface area contributed by atoms with E-state index in [-0.39, 0.29) is 5.69 Å². The molecule has 3 rings (SSSR count). The van der Waals surface area contributed by atoms with Crippen molar-refractivity contribution in [3.63, 3.8) is 0 Å². The number of thiophene rings is 1. The first kappa shape index (κ1) is 9.98. The minimum absolute atomic E-state index is 0.0187. The number of rotatable bonds is 2. The van der Waals surface area contributed by atoms with Crippen LogP contribution in [0.15, 0.2) is 29.9 Å². The van der Waals surface area contributed by atoms with E-state index >= 15 is 0 Å². The summed E-state index contributed by atoms with van der Waals surface area (Å²) in [6.07, 6.45) is 1.54. The molecular weight excluding hydrogens is 238 g/mol. The lowest BCUT2D eigenvalue weighted by atomic mass is 10.2. The molecule has 5 nitrogen and oxygen atoms in total. The first-order chi connectivity index (χ1) is 8.25. The number of aromatic carboxylic acids is 1. The summed E-state index contributed by atoms with van der Waals surface area (Å²) in [6.45, 7) is 0. The van der Waals surface area contributed by atoms with Crippen LogP contribution in [0.2, 0.25) is 0 Å². The van der Waals surface area contributed by atoms with Gasteiger partial charge in [-0.3, -0.25) is 0 Å². The molecule has 0 aromatic carbocycles. The van der Waals surface area contributed by atoms with Gasteiger partial charge in [-0.1, -0.05) is 6.07 Å². The molecule has 0 aliphatic heterocycles. The molecule has 3 heterocycles. The second-order valence-corrected chi connectivity index (χ2v) is 4.38. The van der Waals surface area contributed by atoms with Crippen molar-refractivity contribution in [2.45, 2.75) is 0 Å². The highest BCUT2D eigenvalue weighted by atomic mass is 32.1. The molecule has 0 saturated heterocycles. The van der Waals surface area contributed by atoms with Crippen molar-refractivity contribution in [3.8, 4) is 10.6 Å². The molecular formula is C11H7N3O2S. The molecule has 0 aliphatic carbocycles. The van der Waals surface area contributed by atoms with E-state index in [1.807, 2.05) is 17.5 Å². The highest BCUT2D eigenvalue weighted by Crippen LogP contribution is 2.28. The van der Waals surface area contributed by atoms with E-state index in [0.717, 1.165) is 4.88 Å². The Bertz CT molecular complexity index is 688. The van der Waals surface area contributed by atoms with Gasteiger partial charge in [0, 0.05) is 0 Å². The van der Waals surface area contributed by atoms with Crippen molar-refractivity contribution in [1.82, 2.24) is 15.0 Å². The number of nitrogens with zero attached hydrogens (tertiary/aromatic N) is 2. The number of pyridine rings is 1. The van der Waals surface area contributed by atoms with Crippen LogP contribution >= 0.6 is 11.3 Å². The molecule has 0 radical (unpaired) electrons. The van der Waals surface area contributed by atoms with Crippen molar-refractivity contribution in [2.75, 3.05) is 0 Å². The van der Waals surface area contributed by atoms with Gasteiger partial charge in [-0.2, -0.15) is 0 Å². The molecule has 0 spiro atoms. The standard InChI is InChI=1S/C11H7N3O2S/c15-11(16)7-4-6-9(13-5-12-6)10(14-7)8-2-1-3-17-8/h1-5H,(H,12,13)(H,15,16). The number of carbonyl (C=O) groups is 1. The Morgan fingerprint density at radius 1 is 1.47 bits per heavy atom. The molecule has 84 valence electrons. The summed E-state index contributed by atoms with van der Waals surface area (Å²) >= 11 is 1.51. The van der Waals surface area contributed by atoms with E-state index in [1.165, 1.54) is 23.7 Å². The molecule has 0 atom stereocenters. The SMILES string of the molecule is O=C(O)c1cc2[nH]cnc2c(-c2cccs2)n1. The summed E-state index contributed by atoms with van der Waals surface area (Å²) in [7, 11) is 0. The topological polar surface area (TPSA) is 78.9 Å². The Labute approximate surface area is 99.8 Å². The molecule has 0 bridgehead atoms. The van der Waals surface area contributed by atoms with E-state index in [0.29, 0.717) is 16.7 Å². The first-order valence-electron chi connectivity index (χ1n) is 4.87. The molecule has 0 unspecified atom stereocenters. The maximum atomic E-state index is 11.0. The Morgan fingerprint density at radius 3 is 3.06 bits per heavy atom. The largest absolute Gasteiger partial charge is 0.477 e. The van der Waals surface area contributed by atoms with Gasteiger partial charge in [0.15, 0.2) is 5.69 Å². The molecule has 0 saturated carbocycles. The lowest BCUT2D eigenvalue weighted by Gasteiger charge is -2.00. The van der Waals surface area contributed by atoms with Crippen LogP contribution in [-0.2, 0) is 0 Å². The third-order valence-electron chi connectivity index (χ3n) is 2.38. The highest BCUT2D eigenvalue weighted by molar-refractivity contribution is 7.13. The molecule has 0 fully saturated rings. The summed E-state index contributed by atoms with van der Waals surface area (Å²) in [4.78, 5) is 23.1. The highest BCUT2D eigenvalue weighted by Gasteiger charge is 2.14. The third kappa shape index (κ3) is 1.58. The van der Waals surface area contributed by atoms with Gasteiger partial charge in [-0.15, -0.1) is 11.3 Å². The van der Waals surface area contributed by atoms with Gasteiger partial charge in [-0.25, -0.2) is 14.8 Å². The van der Waals surface area contributed by atoms with E-state index in [9.17, 15) is 4.79 Å². The number of H-pyrrole nitrogens is 1. The molecule has 0 amide bonds. The maximum Gasteiger partial charge on any atom is 0.354 e. The zero-order valence-corrected chi connectivity index (χ0v) is 9.36. The molecule has 0 aliphatic rings. The summed E-state index contributed by atoms with van der Waals surface area (Å²) in [5, 5.41) is 10.9. The summed E-state index contributed by atoms with van der Waals surface area (Å²) in [5.41, 5.74) is 2.00. The number of hydrogen-bond acceptors (Lipinski definition) is 4. The Hall–Kier alpha value is -2.21. The quantitative estimate of drug-likeness (QED) is 0.726. The number of imidazole rings is 1. The van der Waals surface area contributed by atoms with Gasteiger partial charge in [0.2, 0.25) is 0 Å². The van der Waals surface area contributed by atoms with Crippen molar-refractivity contribution in [1.29, 1.82) is 0 Å². The second-order valence-electron chi connectivity index (χ2n) is 3.44. The third-order valence-corrected chi connectivity index (χ3v) is 3.26. The van der Waals surface area contributed by atoms with Gasteiger partial charge >= 0.3 is 5.97 Å². The predicted octanol–water partition coefficient (Wildman–Crippen LogP) is 2.38. The first-order valence-corrected chi connectivity index (χ1v) is 5.75. The van der Waals surface area contributed by atoms with Gasteiger partial charge in [-0.05, 0) is 17.5 Å². The van der Waals surface area contributed by atoms with Crippen LogP contribution in [0.1, 0.15) is 10.5 Å². The molecule has 3 aromatic heterocycles.